The van der Waals surface area contributed by atoms with Crippen molar-refractivity contribution < 1.29 is 4.74 Å². The Morgan fingerprint density at radius 2 is 2.17 bits per heavy atom. The van der Waals surface area contributed by atoms with Crippen molar-refractivity contribution in [1.82, 2.24) is 14.5 Å². The molecule has 2 aromatic rings. The summed E-state index contributed by atoms with van der Waals surface area (Å²) in [6, 6.07) is 0.180. The van der Waals surface area contributed by atoms with Crippen LogP contribution >= 0.6 is 0 Å². The van der Waals surface area contributed by atoms with Crippen LogP contribution in [0.3, 0.4) is 0 Å². The molecule has 2 aromatic heterocycles. The number of aryl methyl sites for hydroxylation is 1. The Morgan fingerprint density at radius 1 is 1.43 bits per heavy atom. The Labute approximate surface area is 135 Å². The maximum Gasteiger partial charge on any atom is 0.260 e. The molecule has 122 valence electrons. The number of anilines is 1. The van der Waals surface area contributed by atoms with Crippen LogP contribution in [0.4, 0.5) is 5.95 Å². The zero-order chi connectivity index (χ0) is 16.4. The molecular formula is C17H22N4O2. The Morgan fingerprint density at radius 3 is 2.87 bits per heavy atom. The summed E-state index contributed by atoms with van der Waals surface area (Å²) >= 11 is 0. The molecule has 1 fully saturated rings. The van der Waals surface area contributed by atoms with Crippen LogP contribution < -0.4 is 11.3 Å². The van der Waals surface area contributed by atoms with Crippen molar-refractivity contribution in [3.63, 3.8) is 0 Å². The van der Waals surface area contributed by atoms with Crippen molar-refractivity contribution >= 4 is 23.1 Å². The third-order valence-electron chi connectivity index (χ3n) is 4.46. The fourth-order valence-corrected chi connectivity index (χ4v) is 3.28. The van der Waals surface area contributed by atoms with Gasteiger partial charge in [0.2, 0.25) is 5.95 Å². The third-order valence-corrected chi connectivity index (χ3v) is 4.46. The largest absolute Gasteiger partial charge is 0.501 e. The van der Waals surface area contributed by atoms with Crippen LogP contribution in [0.5, 0.6) is 0 Å². The van der Waals surface area contributed by atoms with E-state index in [2.05, 4.69) is 9.97 Å². The number of rotatable bonds is 4. The summed E-state index contributed by atoms with van der Waals surface area (Å²) in [6.07, 6.45) is 9.28. The summed E-state index contributed by atoms with van der Waals surface area (Å²) in [7, 11) is 0. The lowest BCUT2D eigenvalue weighted by atomic mass is 10.1. The molecule has 0 atom stereocenters. The first-order valence-electron chi connectivity index (χ1n) is 8.09. The van der Waals surface area contributed by atoms with Gasteiger partial charge in [0.1, 0.15) is 5.65 Å². The van der Waals surface area contributed by atoms with Gasteiger partial charge in [-0.3, -0.25) is 9.36 Å². The van der Waals surface area contributed by atoms with Crippen molar-refractivity contribution in [2.24, 2.45) is 0 Å². The summed E-state index contributed by atoms with van der Waals surface area (Å²) < 4.78 is 7.07. The third kappa shape index (κ3) is 2.81. The number of hydrogen-bond acceptors (Lipinski definition) is 5. The zero-order valence-corrected chi connectivity index (χ0v) is 13.6. The minimum absolute atomic E-state index is 0.0315. The molecule has 6 heteroatoms. The topological polar surface area (TPSA) is 83.0 Å². The number of fused-ring (bicyclic) bond motifs is 1. The van der Waals surface area contributed by atoms with E-state index in [4.69, 9.17) is 10.5 Å². The standard InChI is InChI=1S/C17H22N4O2/c1-3-23-9-8-13-11(2)14-10-19-17(18)20-15(14)21(16(13)22)12-6-4-5-7-12/h8-10,12H,3-7H2,1-2H3,(H2,18,19,20). The lowest BCUT2D eigenvalue weighted by Gasteiger charge is -2.18. The van der Waals surface area contributed by atoms with E-state index in [9.17, 15) is 4.79 Å². The van der Waals surface area contributed by atoms with E-state index in [0.717, 1.165) is 36.6 Å². The number of ether oxygens (including phenoxy) is 1. The highest BCUT2D eigenvalue weighted by atomic mass is 16.5. The van der Waals surface area contributed by atoms with E-state index < -0.39 is 0 Å². The van der Waals surface area contributed by atoms with Gasteiger partial charge in [0, 0.05) is 23.2 Å². The Bertz CT molecular complexity index is 804. The number of nitrogen functional groups attached to an aromatic ring is 1. The molecule has 2 heterocycles. The second kappa shape index (κ2) is 6.40. The molecule has 0 radical (unpaired) electrons. The van der Waals surface area contributed by atoms with Gasteiger partial charge >= 0.3 is 0 Å². The number of nitrogens with two attached hydrogens (primary N) is 1. The average Bonchev–Trinajstić information content (AvgIpc) is 3.04. The first kappa shape index (κ1) is 15.5. The highest BCUT2D eigenvalue weighted by Crippen LogP contribution is 2.31. The predicted molar refractivity (Wildman–Crippen MR) is 91.1 cm³/mol. The maximum atomic E-state index is 13.1. The van der Waals surface area contributed by atoms with Crippen LogP contribution in [0.15, 0.2) is 17.3 Å². The van der Waals surface area contributed by atoms with Crippen LogP contribution in [0, 0.1) is 6.92 Å². The normalized spacial score (nSPS) is 15.7. The molecule has 2 N–H and O–H groups in total. The van der Waals surface area contributed by atoms with Crippen LogP contribution in [-0.4, -0.2) is 21.1 Å². The van der Waals surface area contributed by atoms with Crippen molar-refractivity contribution in [3.8, 4) is 0 Å². The van der Waals surface area contributed by atoms with Gasteiger partial charge in [0.15, 0.2) is 0 Å². The van der Waals surface area contributed by atoms with Crippen LogP contribution in [0.2, 0.25) is 0 Å². The van der Waals surface area contributed by atoms with Crippen LogP contribution in [0.1, 0.15) is 49.8 Å². The number of nitrogens with zero attached hydrogens (tertiary/aromatic N) is 3. The SMILES string of the molecule is CCOC=Cc1c(C)c2cnc(N)nc2n(C2CCCC2)c1=O. The van der Waals surface area contributed by atoms with E-state index in [1.165, 1.54) is 0 Å². The fraction of sp³-hybridized carbons (Fsp3) is 0.471. The molecule has 3 rings (SSSR count). The van der Waals surface area contributed by atoms with Crippen molar-refractivity contribution in [1.29, 1.82) is 0 Å². The molecule has 0 bridgehead atoms. The smallest absolute Gasteiger partial charge is 0.260 e. The van der Waals surface area contributed by atoms with Gasteiger partial charge < -0.3 is 10.5 Å². The van der Waals surface area contributed by atoms with Gasteiger partial charge in [-0.25, -0.2) is 4.98 Å². The molecule has 0 spiro atoms. The minimum Gasteiger partial charge on any atom is -0.501 e. The van der Waals surface area contributed by atoms with Gasteiger partial charge in [-0.15, -0.1) is 0 Å². The number of pyridine rings is 1. The molecule has 1 saturated carbocycles. The van der Waals surface area contributed by atoms with E-state index in [1.807, 2.05) is 13.8 Å². The molecule has 0 amide bonds. The van der Waals surface area contributed by atoms with Crippen molar-refractivity contribution in [3.05, 3.63) is 33.9 Å². The quantitative estimate of drug-likeness (QED) is 0.877. The molecular weight excluding hydrogens is 292 g/mol. The zero-order valence-electron chi connectivity index (χ0n) is 13.6. The molecule has 23 heavy (non-hydrogen) atoms. The Balaban J connectivity index is 2.28. The highest BCUT2D eigenvalue weighted by Gasteiger charge is 2.23. The molecule has 6 nitrogen and oxygen atoms in total. The van der Waals surface area contributed by atoms with Gasteiger partial charge in [-0.05, 0) is 38.3 Å². The monoisotopic (exact) mass is 314 g/mol. The van der Waals surface area contributed by atoms with E-state index in [0.29, 0.717) is 17.8 Å². The number of hydrogen-bond donors (Lipinski definition) is 1. The summed E-state index contributed by atoms with van der Waals surface area (Å²) in [5.74, 6) is 0.195. The van der Waals surface area contributed by atoms with E-state index in [1.54, 1.807) is 23.1 Å². The van der Waals surface area contributed by atoms with E-state index >= 15 is 0 Å². The predicted octanol–water partition coefficient (Wildman–Crippen LogP) is 2.80. The summed E-state index contributed by atoms with van der Waals surface area (Å²) in [6.45, 7) is 4.39. The summed E-state index contributed by atoms with van der Waals surface area (Å²) in [5, 5.41) is 0.863. The van der Waals surface area contributed by atoms with Crippen molar-refractivity contribution in [2.45, 2.75) is 45.6 Å². The van der Waals surface area contributed by atoms with E-state index in [-0.39, 0.29) is 17.5 Å². The second-order valence-corrected chi connectivity index (χ2v) is 5.88. The molecule has 1 aliphatic carbocycles. The van der Waals surface area contributed by atoms with Crippen LogP contribution in [0.25, 0.3) is 17.1 Å². The lowest BCUT2D eigenvalue weighted by molar-refractivity contribution is 0.272. The molecule has 0 saturated heterocycles. The molecule has 0 unspecified atom stereocenters. The lowest BCUT2D eigenvalue weighted by Crippen LogP contribution is -2.27. The average molecular weight is 314 g/mol. The first-order chi connectivity index (χ1) is 11.1. The number of aromatic nitrogens is 3. The fourth-order valence-electron chi connectivity index (χ4n) is 3.28. The molecule has 1 aliphatic rings. The summed E-state index contributed by atoms with van der Waals surface area (Å²) in [5.41, 5.74) is 7.85. The molecule has 0 aromatic carbocycles. The maximum absolute atomic E-state index is 13.1. The van der Waals surface area contributed by atoms with Gasteiger partial charge in [-0.1, -0.05) is 12.8 Å². The molecule has 0 aliphatic heterocycles. The Hall–Kier alpha value is -2.37. The minimum atomic E-state index is -0.0315. The van der Waals surface area contributed by atoms with Crippen molar-refractivity contribution in [2.75, 3.05) is 12.3 Å². The Kier molecular flexibility index (Phi) is 4.32. The second-order valence-electron chi connectivity index (χ2n) is 5.88. The van der Waals surface area contributed by atoms with Crippen LogP contribution in [-0.2, 0) is 4.74 Å². The van der Waals surface area contributed by atoms with Gasteiger partial charge in [0.05, 0.1) is 12.9 Å². The highest BCUT2D eigenvalue weighted by molar-refractivity contribution is 5.82. The summed E-state index contributed by atoms with van der Waals surface area (Å²) in [4.78, 5) is 21.5. The first-order valence-corrected chi connectivity index (χ1v) is 8.09. The van der Waals surface area contributed by atoms with Gasteiger partial charge in [0.25, 0.3) is 5.56 Å². The van der Waals surface area contributed by atoms with Gasteiger partial charge in [-0.2, -0.15) is 4.98 Å².